The van der Waals surface area contributed by atoms with Gasteiger partial charge in [0.1, 0.15) is 12.1 Å². The van der Waals surface area contributed by atoms with Gasteiger partial charge in [-0.1, -0.05) is 5.16 Å². The second-order valence-electron chi connectivity index (χ2n) is 5.98. The van der Waals surface area contributed by atoms with Crippen LogP contribution in [-0.4, -0.2) is 45.2 Å². The Bertz CT molecular complexity index is 849. The number of hydrogen-bond donors (Lipinski definition) is 1. The molecule has 0 fully saturated rings. The molecule has 0 unspecified atom stereocenters. The zero-order valence-corrected chi connectivity index (χ0v) is 14.0. The quantitative estimate of drug-likeness (QED) is 0.760. The number of nitrogens with one attached hydrogen (secondary N) is 1. The molecule has 3 aromatic heterocycles. The van der Waals surface area contributed by atoms with Gasteiger partial charge in [-0.3, -0.25) is 4.98 Å². The highest BCUT2D eigenvalue weighted by Crippen LogP contribution is 2.23. The Morgan fingerprint density at radius 2 is 2.00 bits per heavy atom. The molecule has 3 aromatic rings. The predicted octanol–water partition coefficient (Wildman–Crippen LogP) is 1.25. The van der Waals surface area contributed by atoms with Gasteiger partial charge in [0, 0.05) is 43.5 Å². The highest BCUT2D eigenvalue weighted by molar-refractivity contribution is 5.53. The molecule has 1 N–H and O–H groups in total. The molecule has 128 valence electrons. The maximum Gasteiger partial charge on any atom is 0.246 e. The van der Waals surface area contributed by atoms with Gasteiger partial charge in [-0.25, -0.2) is 9.97 Å². The van der Waals surface area contributed by atoms with Crippen LogP contribution in [0.2, 0.25) is 0 Å². The van der Waals surface area contributed by atoms with Crippen LogP contribution in [0.3, 0.4) is 0 Å². The maximum atomic E-state index is 5.40. The molecule has 0 saturated carbocycles. The lowest BCUT2D eigenvalue weighted by atomic mass is 10.1. The van der Waals surface area contributed by atoms with Crippen molar-refractivity contribution in [1.29, 1.82) is 0 Å². The molecule has 0 amide bonds. The normalized spacial score (nSPS) is 14.0. The molecule has 0 saturated heterocycles. The van der Waals surface area contributed by atoms with E-state index in [-0.39, 0.29) is 0 Å². The first kappa shape index (κ1) is 15.6. The summed E-state index contributed by atoms with van der Waals surface area (Å²) in [6.45, 7) is 2.38. The standard InChI is InChI=1S/C17H19N7O/c1-24(17-13-4-8-19-9-5-14(13)20-11-21-17)10-15-22-16(23-25-15)12-2-6-18-7-3-12/h2-3,6-7,11,19H,4-5,8-10H2,1H3. The zero-order valence-electron chi connectivity index (χ0n) is 14.0. The minimum Gasteiger partial charge on any atom is -0.350 e. The SMILES string of the molecule is CN(Cc1nc(-c2ccncc2)no1)c1ncnc2c1CCNCC2. The fraction of sp³-hybridized carbons (Fsp3) is 0.353. The molecule has 0 atom stereocenters. The van der Waals surface area contributed by atoms with Crippen LogP contribution in [0.4, 0.5) is 5.82 Å². The van der Waals surface area contributed by atoms with Crippen LogP contribution in [0, 0.1) is 0 Å². The molecule has 25 heavy (non-hydrogen) atoms. The second kappa shape index (κ2) is 6.94. The minimum atomic E-state index is 0.495. The molecule has 0 bridgehead atoms. The first-order valence-electron chi connectivity index (χ1n) is 8.29. The highest BCUT2D eigenvalue weighted by Gasteiger charge is 2.18. The van der Waals surface area contributed by atoms with Crippen LogP contribution in [0.1, 0.15) is 17.1 Å². The van der Waals surface area contributed by atoms with Gasteiger partial charge in [0.05, 0.1) is 12.2 Å². The lowest BCUT2D eigenvalue weighted by Crippen LogP contribution is -2.21. The van der Waals surface area contributed by atoms with E-state index in [1.807, 2.05) is 24.1 Å². The van der Waals surface area contributed by atoms with Crippen LogP contribution in [-0.2, 0) is 19.4 Å². The van der Waals surface area contributed by atoms with Gasteiger partial charge >= 0.3 is 0 Å². The molecule has 4 heterocycles. The third-order valence-corrected chi connectivity index (χ3v) is 4.24. The van der Waals surface area contributed by atoms with Gasteiger partial charge in [-0.2, -0.15) is 4.98 Å². The summed E-state index contributed by atoms with van der Waals surface area (Å²) in [6, 6.07) is 3.71. The fourth-order valence-corrected chi connectivity index (χ4v) is 3.00. The van der Waals surface area contributed by atoms with E-state index >= 15 is 0 Å². The van der Waals surface area contributed by atoms with Crippen molar-refractivity contribution in [3.63, 3.8) is 0 Å². The van der Waals surface area contributed by atoms with E-state index in [1.54, 1.807) is 18.7 Å². The van der Waals surface area contributed by atoms with Crippen molar-refractivity contribution in [3.8, 4) is 11.4 Å². The maximum absolute atomic E-state index is 5.40. The summed E-state index contributed by atoms with van der Waals surface area (Å²) in [5.41, 5.74) is 3.20. The summed E-state index contributed by atoms with van der Waals surface area (Å²) in [5.74, 6) is 2.04. The van der Waals surface area contributed by atoms with Crippen molar-refractivity contribution < 1.29 is 4.52 Å². The average Bonchev–Trinajstić information content (AvgIpc) is 2.97. The van der Waals surface area contributed by atoms with Gasteiger partial charge in [-0.15, -0.1) is 0 Å². The first-order valence-corrected chi connectivity index (χ1v) is 8.29. The van der Waals surface area contributed by atoms with Gasteiger partial charge in [0.2, 0.25) is 11.7 Å². The van der Waals surface area contributed by atoms with Crippen molar-refractivity contribution in [3.05, 3.63) is 48.0 Å². The molecule has 1 aliphatic heterocycles. The van der Waals surface area contributed by atoms with Crippen molar-refractivity contribution >= 4 is 5.82 Å². The molecular weight excluding hydrogens is 318 g/mol. The van der Waals surface area contributed by atoms with Gasteiger partial charge in [-0.05, 0) is 25.1 Å². The van der Waals surface area contributed by atoms with E-state index < -0.39 is 0 Å². The molecule has 4 rings (SSSR count). The summed E-state index contributed by atoms with van der Waals surface area (Å²) in [5, 5.41) is 7.45. The second-order valence-corrected chi connectivity index (χ2v) is 5.98. The number of hydrogen-bond acceptors (Lipinski definition) is 8. The number of nitrogens with zero attached hydrogens (tertiary/aromatic N) is 6. The van der Waals surface area contributed by atoms with Crippen LogP contribution in [0.15, 0.2) is 35.4 Å². The van der Waals surface area contributed by atoms with E-state index in [0.29, 0.717) is 18.3 Å². The van der Waals surface area contributed by atoms with Crippen LogP contribution in [0.5, 0.6) is 0 Å². The van der Waals surface area contributed by atoms with E-state index in [9.17, 15) is 0 Å². The number of pyridine rings is 1. The molecular formula is C17H19N7O. The monoisotopic (exact) mass is 337 g/mol. The molecule has 8 heteroatoms. The average molecular weight is 337 g/mol. The van der Waals surface area contributed by atoms with E-state index in [2.05, 4.69) is 30.4 Å². The third kappa shape index (κ3) is 3.34. The number of anilines is 1. The summed E-state index contributed by atoms with van der Waals surface area (Å²) in [4.78, 5) is 19.4. The first-order chi connectivity index (χ1) is 12.3. The Kier molecular flexibility index (Phi) is 4.34. The largest absolute Gasteiger partial charge is 0.350 e. The third-order valence-electron chi connectivity index (χ3n) is 4.24. The van der Waals surface area contributed by atoms with Crippen LogP contribution >= 0.6 is 0 Å². The highest BCUT2D eigenvalue weighted by atomic mass is 16.5. The fourth-order valence-electron chi connectivity index (χ4n) is 3.00. The van der Waals surface area contributed by atoms with Crippen molar-refractivity contribution in [2.45, 2.75) is 19.4 Å². The Morgan fingerprint density at radius 1 is 1.16 bits per heavy atom. The minimum absolute atomic E-state index is 0.495. The van der Waals surface area contributed by atoms with Crippen molar-refractivity contribution in [2.75, 3.05) is 25.0 Å². The van der Waals surface area contributed by atoms with E-state index in [1.165, 1.54) is 5.56 Å². The Morgan fingerprint density at radius 3 is 2.88 bits per heavy atom. The lowest BCUT2D eigenvalue weighted by Gasteiger charge is -2.20. The van der Waals surface area contributed by atoms with E-state index in [4.69, 9.17) is 4.52 Å². The zero-order chi connectivity index (χ0) is 17.1. The van der Waals surface area contributed by atoms with Crippen molar-refractivity contribution in [1.82, 2.24) is 30.4 Å². The Balaban J connectivity index is 1.55. The predicted molar refractivity (Wildman–Crippen MR) is 91.9 cm³/mol. The summed E-state index contributed by atoms with van der Waals surface area (Å²) >= 11 is 0. The van der Waals surface area contributed by atoms with Gasteiger partial charge < -0.3 is 14.7 Å². The summed E-state index contributed by atoms with van der Waals surface area (Å²) in [6.07, 6.45) is 6.89. The number of fused-ring (bicyclic) bond motifs is 1. The number of rotatable bonds is 4. The van der Waals surface area contributed by atoms with Crippen LogP contribution < -0.4 is 10.2 Å². The molecule has 0 aliphatic carbocycles. The van der Waals surface area contributed by atoms with Crippen LogP contribution in [0.25, 0.3) is 11.4 Å². The number of aromatic nitrogens is 5. The van der Waals surface area contributed by atoms with E-state index in [0.717, 1.165) is 43.0 Å². The molecule has 8 nitrogen and oxygen atoms in total. The molecule has 0 aromatic carbocycles. The molecule has 0 radical (unpaired) electrons. The molecule has 1 aliphatic rings. The lowest BCUT2D eigenvalue weighted by molar-refractivity contribution is 0.378. The van der Waals surface area contributed by atoms with Gasteiger partial charge in [0.15, 0.2) is 0 Å². The molecule has 0 spiro atoms. The Hall–Kier alpha value is -2.87. The smallest absolute Gasteiger partial charge is 0.246 e. The topological polar surface area (TPSA) is 92.9 Å². The summed E-state index contributed by atoms with van der Waals surface area (Å²) < 4.78 is 5.40. The van der Waals surface area contributed by atoms with Crippen molar-refractivity contribution in [2.24, 2.45) is 0 Å². The van der Waals surface area contributed by atoms with Gasteiger partial charge in [0.25, 0.3) is 0 Å². The Labute approximate surface area is 145 Å². The summed E-state index contributed by atoms with van der Waals surface area (Å²) in [7, 11) is 1.98.